The van der Waals surface area contributed by atoms with Gasteiger partial charge in [-0.2, -0.15) is 0 Å². The molecule has 0 radical (unpaired) electrons. The Hall–Kier alpha value is -3.44. The summed E-state index contributed by atoms with van der Waals surface area (Å²) in [5.74, 6) is 0.898. The van der Waals surface area contributed by atoms with E-state index in [0.717, 1.165) is 41.8 Å². The van der Waals surface area contributed by atoms with Crippen LogP contribution in [0.4, 0.5) is 0 Å². The van der Waals surface area contributed by atoms with Crippen LogP contribution in [-0.4, -0.2) is 45.2 Å². The molecule has 1 aliphatic rings. The van der Waals surface area contributed by atoms with E-state index in [1.54, 1.807) is 0 Å². The van der Waals surface area contributed by atoms with Gasteiger partial charge in [0.05, 0.1) is 17.6 Å². The SMILES string of the molecule is Cc1nc2cc(C(=O)N3CCC[C@@](CO)(Cc4ccccc4)C3)ccc2n1-c1ccccc1. The third kappa shape index (κ3) is 4.16. The smallest absolute Gasteiger partial charge is 0.253 e. The normalized spacial score (nSPS) is 18.5. The fraction of sp³-hybridized carbons (Fsp3) is 0.286. The van der Waals surface area contributed by atoms with E-state index in [-0.39, 0.29) is 17.9 Å². The molecule has 1 aliphatic heterocycles. The Morgan fingerprint density at radius 3 is 2.48 bits per heavy atom. The van der Waals surface area contributed by atoms with E-state index >= 15 is 0 Å². The monoisotopic (exact) mass is 439 g/mol. The van der Waals surface area contributed by atoms with Crippen LogP contribution < -0.4 is 0 Å². The van der Waals surface area contributed by atoms with E-state index in [1.165, 1.54) is 5.56 Å². The number of imidazole rings is 1. The predicted octanol–water partition coefficient (Wildman–Crippen LogP) is 4.79. The number of hydrogen-bond acceptors (Lipinski definition) is 3. The van der Waals surface area contributed by atoms with Crippen LogP contribution in [0.25, 0.3) is 16.7 Å². The van der Waals surface area contributed by atoms with Crippen LogP contribution in [0.5, 0.6) is 0 Å². The molecule has 1 fully saturated rings. The Kier molecular flexibility index (Phi) is 5.73. The Morgan fingerprint density at radius 1 is 1.03 bits per heavy atom. The topological polar surface area (TPSA) is 58.4 Å². The zero-order valence-corrected chi connectivity index (χ0v) is 18.9. The molecule has 1 aromatic heterocycles. The summed E-state index contributed by atoms with van der Waals surface area (Å²) in [6.45, 7) is 3.33. The van der Waals surface area contributed by atoms with Crippen molar-refractivity contribution >= 4 is 16.9 Å². The minimum Gasteiger partial charge on any atom is -0.396 e. The molecule has 1 N–H and O–H groups in total. The highest BCUT2D eigenvalue weighted by Gasteiger charge is 2.37. The maximum absolute atomic E-state index is 13.5. The number of fused-ring (bicyclic) bond motifs is 1. The number of hydrogen-bond donors (Lipinski definition) is 1. The highest BCUT2D eigenvalue weighted by molar-refractivity contribution is 5.97. The molecule has 1 atom stereocenters. The van der Waals surface area contributed by atoms with Gasteiger partial charge in [0.15, 0.2) is 0 Å². The summed E-state index contributed by atoms with van der Waals surface area (Å²) in [6.07, 6.45) is 2.58. The molecule has 4 aromatic rings. The lowest BCUT2D eigenvalue weighted by atomic mass is 9.75. The average molecular weight is 440 g/mol. The Balaban J connectivity index is 1.41. The van der Waals surface area contributed by atoms with Crippen molar-refractivity contribution in [1.82, 2.24) is 14.5 Å². The molecule has 5 rings (SSSR count). The first-order valence-electron chi connectivity index (χ1n) is 11.6. The molecule has 5 nitrogen and oxygen atoms in total. The van der Waals surface area contributed by atoms with E-state index in [4.69, 9.17) is 4.98 Å². The fourth-order valence-corrected chi connectivity index (χ4v) is 5.16. The first kappa shape index (κ1) is 21.4. The number of aryl methyl sites for hydroxylation is 1. The number of likely N-dealkylation sites (tertiary alicyclic amines) is 1. The summed E-state index contributed by atoms with van der Waals surface area (Å²) in [6, 6.07) is 26.2. The summed E-state index contributed by atoms with van der Waals surface area (Å²) in [4.78, 5) is 20.1. The number of benzene rings is 3. The molecule has 33 heavy (non-hydrogen) atoms. The van der Waals surface area contributed by atoms with Crippen LogP contribution in [0.3, 0.4) is 0 Å². The van der Waals surface area contributed by atoms with E-state index < -0.39 is 0 Å². The second-order valence-electron chi connectivity index (χ2n) is 9.18. The molecule has 0 bridgehead atoms. The molecular formula is C28H29N3O2. The summed E-state index contributed by atoms with van der Waals surface area (Å²) in [5, 5.41) is 10.3. The van der Waals surface area contributed by atoms with Gasteiger partial charge < -0.3 is 10.0 Å². The van der Waals surface area contributed by atoms with Gasteiger partial charge in [0.1, 0.15) is 5.82 Å². The van der Waals surface area contributed by atoms with E-state index in [1.807, 2.05) is 66.4 Å². The first-order valence-corrected chi connectivity index (χ1v) is 11.6. The Bertz CT molecular complexity index is 1270. The third-order valence-electron chi connectivity index (χ3n) is 6.79. The molecule has 3 aromatic carbocycles. The van der Waals surface area contributed by atoms with Crippen LogP contribution in [0.1, 0.15) is 34.6 Å². The number of nitrogens with zero attached hydrogens (tertiary/aromatic N) is 3. The summed E-state index contributed by atoms with van der Waals surface area (Å²) in [7, 11) is 0. The van der Waals surface area contributed by atoms with Crippen LogP contribution >= 0.6 is 0 Å². The van der Waals surface area contributed by atoms with Crippen molar-refractivity contribution < 1.29 is 9.90 Å². The molecule has 1 amide bonds. The van der Waals surface area contributed by atoms with Gasteiger partial charge in [-0.05, 0) is 62.1 Å². The van der Waals surface area contributed by atoms with E-state index in [2.05, 4.69) is 28.8 Å². The van der Waals surface area contributed by atoms with Crippen molar-refractivity contribution in [2.75, 3.05) is 19.7 Å². The molecule has 5 heteroatoms. The number of carbonyl (C=O) groups excluding carboxylic acids is 1. The minimum absolute atomic E-state index is 0.00870. The van der Waals surface area contributed by atoms with Gasteiger partial charge in [0.25, 0.3) is 5.91 Å². The van der Waals surface area contributed by atoms with Gasteiger partial charge >= 0.3 is 0 Å². The van der Waals surface area contributed by atoms with Gasteiger partial charge in [-0.3, -0.25) is 9.36 Å². The summed E-state index contributed by atoms with van der Waals surface area (Å²) in [5.41, 5.74) is 4.41. The summed E-state index contributed by atoms with van der Waals surface area (Å²) < 4.78 is 2.11. The van der Waals surface area contributed by atoms with E-state index in [0.29, 0.717) is 18.7 Å². The van der Waals surface area contributed by atoms with Gasteiger partial charge in [-0.1, -0.05) is 48.5 Å². The lowest BCUT2D eigenvalue weighted by Gasteiger charge is -2.42. The number of para-hydroxylation sites is 1. The van der Waals surface area contributed by atoms with Crippen molar-refractivity contribution in [1.29, 1.82) is 0 Å². The van der Waals surface area contributed by atoms with Crippen LogP contribution in [0.15, 0.2) is 78.9 Å². The molecule has 0 saturated carbocycles. The number of carbonyl (C=O) groups is 1. The third-order valence-corrected chi connectivity index (χ3v) is 6.79. The summed E-state index contributed by atoms with van der Waals surface area (Å²) >= 11 is 0. The number of rotatable bonds is 5. The molecule has 0 unspecified atom stereocenters. The highest BCUT2D eigenvalue weighted by Crippen LogP contribution is 2.34. The Labute approximate surface area is 194 Å². The molecule has 0 aliphatic carbocycles. The van der Waals surface area contributed by atoms with Crippen molar-refractivity contribution in [3.05, 3.63) is 95.8 Å². The molecule has 2 heterocycles. The zero-order chi connectivity index (χ0) is 22.8. The van der Waals surface area contributed by atoms with Crippen molar-refractivity contribution in [2.24, 2.45) is 5.41 Å². The van der Waals surface area contributed by atoms with E-state index in [9.17, 15) is 9.90 Å². The zero-order valence-electron chi connectivity index (χ0n) is 18.9. The van der Waals surface area contributed by atoms with Gasteiger partial charge in [-0.15, -0.1) is 0 Å². The molecule has 1 saturated heterocycles. The second kappa shape index (κ2) is 8.83. The number of piperidine rings is 1. The van der Waals surface area contributed by atoms with Crippen LogP contribution in [0, 0.1) is 12.3 Å². The standard InChI is InChI=1S/C28H29N3O2/c1-21-29-25-17-23(13-14-26(25)31(21)24-11-6-3-7-12-24)27(33)30-16-8-15-28(19-30,20-32)18-22-9-4-2-5-10-22/h2-7,9-14,17,32H,8,15-16,18-20H2,1H3/t28-/m1/s1. The number of aliphatic hydroxyl groups is 1. The highest BCUT2D eigenvalue weighted by atomic mass is 16.3. The van der Waals surface area contributed by atoms with Gasteiger partial charge in [0, 0.05) is 29.8 Å². The van der Waals surface area contributed by atoms with Crippen LogP contribution in [-0.2, 0) is 6.42 Å². The van der Waals surface area contributed by atoms with Crippen molar-refractivity contribution in [2.45, 2.75) is 26.2 Å². The second-order valence-corrected chi connectivity index (χ2v) is 9.18. The van der Waals surface area contributed by atoms with Crippen molar-refractivity contribution in [3.63, 3.8) is 0 Å². The fourth-order valence-electron chi connectivity index (χ4n) is 5.16. The van der Waals surface area contributed by atoms with Crippen LogP contribution in [0.2, 0.25) is 0 Å². The maximum atomic E-state index is 13.5. The largest absolute Gasteiger partial charge is 0.396 e. The molecular weight excluding hydrogens is 410 g/mol. The quantitative estimate of drug-likeness (QED) is 0.486. The average Bonchev–Trinajstić information content (AvgIpc) is 3.19. The van der Waals surface area contributed by atoms with Gasteiger partial charge in [0.2, 0.25) is 0 Å². The predicted molar refractivity (Wildman–Crippen MR) is 131 cm³/mol. The van der Waals surface area contributed by atoms with Gasteiger partial charge in [-0.25, -0.2) is 4.98 Å². The van der Waals surface area contributed by atoms with Crippen molar-refractivity contribution in [3.8, 4) is 5.69 Å². The number of aliphatic hydroxyl groups excluding tert-OH is 1. The maximum Gasteiger partial charge on any atom is 0.253 e. The Morgan fingerprint density at radius 2 is 1.76 bits per heavy atom. The lowest BCUT2D eigenvalue weighted by molar-refractivity contribution is 0.0272. The number of amides is 1. The minimum atomic E-state index is -0.301. The molecule has 0 spiro atoms. The molecule has 168 valence electrons. The lowest BCUT2D eigenvalue weighted by Crippen LogP contribution is -2.49. The number of aromatic nitrogens is 2. The first-order chi connectivity index (χ1) is 16.1.